The average Bonchev–Trinajstić information content (AvgIpc) is 2.62. The predicted octanol–water partition coefficient (Wildman–Crippen LogP) is 1.46. The highest BCUT2D eigenvalue weighted by Gasteiger charge is 2.22. The van der Waals surface area contributed by atoms with Gasteiger partial charge in [-0.15, -0.1) is 0 Å². The van der Waals surface area contributed by atoms with Crippen LogP contribution in [0.3, 0.4) is 0 Å². The molecule has 6 heteroatoms. The van der Waals surface area contributed by atoms with Crippen LogP contribution < -0.4 is 16.0 Å². The third-order valence-electron chi connectivity index (χ3n) is 3.40. The molecule has 124 valence electrons. The van der Waals surface area contributed by atoms with Gasteiger partial charge in [0.05, 0.1) is 0 Å². The maximum Gasteiger partial charge on any atom is 0.252 e. The molecule has 0 aliphatic rings. The van der Waals surface area contributed by atoms with Crippen LogP contribution in [0.4, 0.5) is 5.69 Å². The van der Waals surface area contributed by atoms with Crippen LogP contribution in [0, 0.1) is 0 Å². The molecule has 0 heterocycles. The van der Waals surface area contributed by atoms with Crippen LogP contribution in [0.2, 0.25) is 0 Å². The van der Waals surface area contributed by atoms with Crippen molar-refractivity contribution >= 4 is 23.8 Å². The number of benzene rings is 2. The van der Waals surface area contributed by atoms with Crippen molar-refractivity contribution in [2.24, 2.45) is 0 Å². The van der Waals surface area contributed by atoms with E-state index in [1.807, 2.05) is 18.2 Å². The molecule has 0 aromatic heterocycles. The molecule has 3 N–H and O–H groups in total. The topological polar surface area (TPSA) is 87.3 Å². The van der Waals surface area contributed by atoms with Gasteiger partial charge in [-0.3, -0.25) is 14.4 Å². The van der Waals surface area contributed by atoms with Crippen molar-refractivity contribution in [2.75, 3.05) is 18.9 Å². The summed E-state index contributed by atoms with van der Waals surface area (Å²) in [5.74, 6) is -0.811. The zero-order valence-corrected chi connectivity index (χ0v) is 13.3. The normalized spacial score (nSPS) is 11.4. The smallest absolute Gasteiger partial charge is 0.252 e. The number of anilines is 1. The molecule has 2 rings (SSSR count). The van der Waals surface area contributed by atoms with E-state index < -0.39 is 11.9 Å². The lowest BCUT2D eigenvalue weighted by Crippen LogP contribution is -2.49. The fraction of sp³-hybridized carbons (Fsp3) is 0.167. The standard InChI is InChI=1S/C18H19N3O3/c1-19-11-16(18(24)20-14-8-3-2-4-9-14)21-17(23)15-10-6-5-7-13(15)12-22/h2-10,12,16,19H,11H2,1H3,(H,20,24)(H,21,23). The van der Waals surface area contributed by atoms with Gasteiger partial charge in [-0.2, -0.15) is 0 Å². The average molecular weight is 325 g/mol. The van der Waals surface area contributed by atoms with Gasteiger partial charge in [0, 0.05) is 23.4 Å². The SMILES string of the molecule is CNCC(NC(=O)c1ccccc1C=O)C(=O)Nc1ccccc1. The number of amides is 2. The maximum absolute atomic E-state index is 12.4. The second-order valence-electron chi connectivity index (χ2n) is 5.14. The number of rotatable bonds is 7. The Morgan fingerprint density at radius 1 is 1.04 bits per heavy atom. The lowest BCUT2D eigenvalue weighted by Gasteiger charge is -2.18. The molecule has 0 radical (unpaired) electrons. The Kier molecular flexibility index (Phi) is 6.22. The number of likely N-dealkylation sites (N-methyl/N-ethyl adjacent to an activating group) is 1. The summed E-state index contributed by atoms with van der Waals surface area (Å²) >= 11 is 0. The molecular weight excluding hydrogens is 306 g/mol. The molecule has 24 heavy (non-hydrogen) atoms. The summed E-state index contributed by atoms with van der Waals surface area (Å²) in [5, 5.41) is 8.28. The molecule has 0 fully saturated rings. The zero-order valence-electron chi connectivity index (χ0n) is 13.3. The van der Waals surface area contributed by atoms with Crippen molar-refractivity contribution in [1.29, 1.82) is 0 Å². The van der Waals surface area contributed by atoms with Crippen LogP contribution in [-0.2, 0) is 4.79 Å². The molecule has 0 spiro atoms. The predicted molar refractivity (Wildman–Crippen MR) is 92.1 cm³/mol. The van der Waals surface area contributed by atoms with Crippen molar-refractivity contribution in [3.05, 3.63) is 65.7 Å². The van der Waals surface area contributed by atoms with Crippen LogP contribution in [-0.4, -0.2) is 37.7 Å². The van der Waals surface area contributed by atoms with Crippen LogP contribution in [0.5, 0.6) is 0 Å². The lowest BCUT2D eigenvalue weighted by molar-refractivity contribution is -0.117. The molecule has 0 aliphatic carbocycles. The summed E-state index contributed by atoms with van der Waals surface area (Å²) in [6.07, 6.45) is 0.617. The molecule has 2 amide bonds. The molecule has 0 saturated heterocycles. The molecular formula is C18H19N3O3. The Labute approximate surface area is 140 Å². The summed E-state index contributed by atoms with van der Waals surface area (Å²) in [7, 11) is 1.69. The van der Waals surface area contributed by atoms with Gasteiger partial charge >= 0.3 is 0 Å². The van der Waals surface area contributed by atoms with E-state index in [-0.39, 0.29) is 23.6 Å². The van der Waals surface area contributed by atoms with E-state index >= 15 is 0 Å². The van der Waals surface area contributed by atoms with Crippen molar-refractivity contribution in [3.63, 3.8) is 0 Å². The molecule has 6 nitrogen and oxygen atoms in total. The number of hydrogen-bond donors (Lipinski definition) is 3. The first-order chi connectivity index (χ1) is 11.7. The van der Waals surface area contributed by atoms with Gasteiger partial charge in [0.1, 0.15) is 6.04 Å². The van der Waals surface area contributed by atoms with Gasteiger partial charge in [-0.05, 0) is 25.2 Å². The van der Waals surface area contributed by atoms with Gasteiger partial charge in [-0.1, -0.05) is 36.4 Å². The van der Waals surface area contributed by atoms with Crippen molar-refractivity contribution < 1.29 is 14.4 Å². The minimum absolute atomic E-state index is 0.237. The number of carbonyl (C=O) groups is 3. The third kappa shape index (κ3) is 4.50. The Morgan fingerprint density at radius 2 is 1.71 bits per heavy atom. The summed E-state index contributed by atoms with van der Waals surface area (Å²) < 4.78 is 0. The number of hydrogen-bond acceptors (Lipinski definition) is 4. The highest BCUT2D eigenvalue weighted by atomic mass is 16.2. The molecule has 0 saturated carbocycles. The number of nitrogens with one attached hydrogen (secondary N) is 3. The molecule has 2 aromatic rings. The minimum Gasteiger partial charge on any atom is -0.339 e. The summed E-state index contributed by atoms with van der Waals surface area (Å²) in [6, 6.07) is 14.6. The Hall–Kier alpha value is -2.99. The van der Waals surface area contributed by atoms with E-state index in [0.29, 0.717) is 12.0 Å². The monoisotopic (exact) mass is 325 g/mol. The number of para-hydroxylation sites is 1. The first kappa shape index (κ1) is 17.4. The molecule has 1 atom stereocenters. The quantitative estimate of drug-likeness (QED) is 0.673. The Balaban J connectivity index is 2.11. The van der Waals surface area contributed by atoms with E-state index in [9.17, 15) is 14.4 Å². The Bertz CT molecular complexity index is 716. The van der Waals surface area contributed by atoms with Gasteiger partial charge in [-0.25, -0.2) is 0 Å². The van der Waals surface area contributed by atoms with Gasteiger partial charge in [0.2, 0.25) is 5.91 Å². The number of carbonyl (C=O) groups excluding carboxylic acids is 3. The van der Waals surface area contributed by atoms with E-state index in [1.165, 1.54) is 0 Å². The molecule has 2 aromatic carbocycles. The maximum atomic E-state index is 12.4. The van der Waals surface area contributed by atoms with E-state index in [0.717, 1.165) is 0 Å². The zero-order chi connectivity index (χ0) is 17.4. The van der Waals surface area contributed by atoms with Crippen molar-refractivity contribution in [3.8, 4) is 0 Å². The van der Waals surface area contributed by atoms with E-state index in [2.05, 4.69) is 16.0 Å². The fourth-order valence-electron chi connectivity index (χ4n) is 2.21. The van der Waals surface area contributed by atoms with Crippen molar-refractivity contribution in [1.82, 2.24) is 10.6 Å². The second-order valence-corrected chi connectivity index (χ2v) is 5.14. The lowest BCUT2D eigenvalue weighted by atomic mass is 10.1. The van der Waals surface area contributed by atoms with E-state index in [1.54, 1.807) is 43.4 Å². The van der Waals surface area contributed by atoms with Gasteiger partial charge < -0.3 is 16.0 Å². The first-order valence-corrected chi connectivity index (χ1v) is 7.51. The van der Waals surface area contributed by atoms with Crippen LogP contribution in [0.25, 0.3) is 0 Å². The number of aldehydes is 1. The van der Waals surface area contributed by atoms with Crippen LogP contribution in [0.1, 0.15) is 20.7 Å². The minimum atomic E-state index is -0.776. The Morgan fingerprint density at radius 3 is 2.38 bits per heavy atom. The second kappa shape index (κ2) is 8.59. The largest absolute Gasteiger partial charge is 0.339 e. The first-order valence-electron chi connectivity index (χ1n) is 7.51. The highest BCUT2D eigenvalue weighted by molar-refractivity contribution is 6.04. The van der Waals surface area contributed by atoms with Crippen molar-refractivity contribution in [2.45, 2.75) is 6.04 Å². The highest BCUT2D eigenvalue weighted by Crippen LogP contribution is 2.08. The molecule has 0 bridgehead atoms. The molecule has 0 aliphatic heterocycles. The third-order valence-corrected chi connectivity index (χ3v) is 3.40. The summed E-state index contributed by atoms with van der Waals surface area (Å²) in [6.45, 7) is 0.258. The summed E-state index contributed by atoms with van der Waals surface area (Å²) in [5.41, 5.74) is 1.16. The van der Waals surface area contributed by atoms with Crippen LogP contribution >= 0.6 is 0 Å². The fourth-order valence-corrected chi connectivity index (χ4v) is 2.21. The summed E-state index contributed by atoms with van der Waals surface area (Å²) in [4.78, 5) is 35.8. The van der Waals surface area contributed by atoms with E-state index in [4.69, 9.17) is 0 Å². The van der Waals surface area contributed by atoms with Gasteiger partial charge in [0.25, 0.3) is 5.91 Å². The van der Waals surface area contributed by atoms with Crippen LogP contribution in [0.15, 0.2) is 54.6 Å². The molecule has 1 unspecified atom stereocenters. The van der Waals surface area contributed by atoms with Gasteiger partial charge in [0.15, 0.2) is 6.29 Å².